The average Bonchev–Trinajstić information content (AvgIpc) is 2.92. The van der Waals surface area contributed by atoms with Crippen molar-refractivity contribution in [3.8, 4) is 0 Å². The van der Waals surface area contributed by atoms with Crippen molar-refractivity contribution < 1.29 is 4.79 Å². The van der Waals surface area contributed by atoms with Crippen LogP contribution in [0.1, 0.15) is 31.9 Å². The number of thioether (sulfide) groups is 1. The summed E-state index contributed by atoms with van der Waals surface area (Å²) in [6, 6.07) is 8.69. The summed E-state index contributed by atoms with van der Waals surface area (Å²) in [6.45, 7) is 7.36. The second-order valence-electron chi connectivity index (χ2n) is 6.26. The fourth-order valence-corrected chi connectivity index (χ4v) is 3.13. The molecule has 1 amide bonds. The SMILES string of the molecule is CC(C)(C)c1ccc(CCNC(=O)C2CSCN2)cc1. The van der Waals surface area contributed by atoms with E-state index in [2.05, 4.69) is 55.7 Å². The van der Waals surface area contributed by atoms with E-state index in [9.17, 15) is 4.79 Å². The van der Waals surface area contributed by atoms with Crippen molar-refractivity contribution in [3.63, 3.8) is 0 Å². The van der Waals surface area contributed by atoms with Gasteiger partial charge in [-0.05, 0) is 23.0 Å². The van der Waals surface area contributed by atoms with Crippen LogP contribution in [0.2, 0.25) is 0 Å². The van der Waals surface area contributed by atoms with Crippen molar-refractivity contribution >= 4 is 17.7 Å². The number of carbonyl (C=O) groups excluding carboxylic acids is 1. The van der Waals surface area contributed by atoms with Crippen molar-refractivity contribution in [2.45, 2.75) is 38.6 Å². The van der Waals surface area contributed by atoms with Gasteiger partial charge in [0.2, 0.25) is 5.91 Å². The molecule has 1 saturated heterocycles. The van der Waals surface area contributed by atoms with E-state index >= 15 is 0 Å². The zero-order valence-electron chi connectivity index (χ0n) is 12.5. The van der Waals surface area contributed by atoms with Gasteiger partial charge in [0.05, 0.1) is 6.04 Å². The van der Waals surface area contributed by atoms with Gasteiger partial charge in [0.15, 0.2) is 0 Å². The lowest BCUT2D eigenvalue weighted by Crippen LogP contribution is -2.42. The van der Waals surface area contributed by atoms with Crippen LogP contribution in [-0.4, -0.2) is 30.1 Å². The van der Waals surface area contributed by atoms with Crippen LogP contribution in [0.3, 0.4) is 0 Å². The Labute approximate surface area is 125 Å². The van der Waals surface area contributed by atoms with Gasteiger partial charge in [-0.2, -0.15) is 0 Å². The molecular weight excluding hydrogens is 268 g/mol. The number of benzene rings is 1. The lowest BCUT2D eigenvalue weighted by molar-refractivity contribution is -0.122. The topological polar surface area (TPSA) is 41.1 Å². The third-order valence-corrected chi connectivity index (χ3v) is 4.51. The molecule has 0 radical (unpaired) electrons. The first-order valence-electron chi connectivity index (χ1n) is 7.15. The summed E-state index contributed by atoms with van der Waals surface area (Å²) in [4.78, 5) is 11.8. The summed E-state index contributed by atoms with van der Waals surface area (Å²) in [5.74, 6) is 1.89. The highest BCUT2D eigenvalue weighted by Gasteiger charge is 2.21. The van der Waals surface area contributed by atoms with Gasteiger partial charge in [-0.1, -0.05) is 45.0 Å². The van der Waals surface area contributed by atoms with Gasteiger partial charge in [0.25, 0.3) is 0 Å². The minimum Gasteiger partial charge on any atom is -0.354 e. The molecule has 0 saturated carbocycles. The molecule has 110 valence electrons. The maximum absolute atomic E-state index is 11.8. The molecular formula is C16H24N2OS. The molecule has 1 fully saturated rings. The molecule has 1 aromatic rings. The fourth-order valence-electron chi connectivity index (χ4n) is 2.19. The predicted molar refractivity (Wildman–Crippen MR) is 86.1 cm³/mol. The van der Waals surface area contributed by atoms with Crippen LogP contribution >= 0.6 is 11.8 Å². The molecule has 1 aliphatic rings. The molecule has 3 nitrogen and oxygen atoms in total. The summed E-state index contributed by atoms with van der Waals surface area (Å²) < 4.78 is 0. The molecule has 1 aliphatic heterocycles. The molecule has 2 N–H and O–H groups in total. The molecule has 2 rings (SSSR count). The Morgan fingerprint density at radius 1 is 1.35 bits per heavy atom. The van der Waals surface area contributed by atoms with Gasteiger partial charge < -0.3 is 5.32 Å². The summed E-state index contributed by atoms with van der Waals surface area (Å²) in [6.07, 6.45) is 0.885. The Kier molecular flexibility index (Phi) is 5.11. The first kappa shape index (κ1) is 15.4. The van der Waals surface area contributed by atoms with Crippen molar-refractivity contribution in [2.75, 3.05) is 18.2 Å². The van der Waals surface area contributed by atoms with Gasteiger partial charge in [-0.25, -0.2) is 0 Å². The quantitative estimate of drug-likeness (QED) is 0.895. The van der Waals surface area contributed by atoms with E-state index in [1.807, 2.05) is 0 Å². The molecule has 4 heteroatoms. The normalized spacial score (nSPS) is 19.1. The maximum Gasteiger partial charge on any atom is 0.238 e. The van der Waals surface area contributed by atoms with E-state index in [1.165, 1.54) is 11.1 Å². The number of amides is 1. The fraction of sp³-hybridized carbons (Fsp3) is 0.562. The molecule has 0 aliphatic carbocycles. The Morgan fingerprint density at radius 2 is 2.05 bits per heavy atom. The van der Waals surface area contributed by atoms with Crippen LogP contribution in [0.25, 0.3) is 0 Å². The van der Waals surface area contributed by atoms with Gasteiger partial charge in [0.1, 0.15) is 0 Å². The zero-order valence-corrected chi connectivity index (χ0v) is 13.3. The van der Waals surface area contributed by atoms with Gasteiger partial charge in [-0.15, -0.1) is 11.8 Å². The minimum atomic E-state index is -0.0109. The zero-order chi connectivity index (χ0) is 14.6. The molecule has 20 heavy (non-hydrogen) atoms. The van der Waals surface area contributed by atoms with Crippen LogP contribution in [0.5, 0.6) is 0 Å². The van der Waals surface area contributed by atoms with Gasteiger partial charge >= 0.3 is 0 Å². The van der Waals surface area contributed by atoms with Crippen LogP contribution in [0.15, 0.2) is 24.3 Å². The Bertz CT molecular complexity index is 445. The molecule has 0 aromatic heterocycles. The average molecular weight is 292 g/mol. The van der Waals surface area contributed by atoms with Crippen LogP contribution in [-0.2, 0) is 16.6 Å². The molecule has 1 unspecified atom stereocenters. The Morgan fingerprint density at radius 3 is 2.60 bits per heavy atom. The summed E-state index contributed by atoms with van der Waals surface area (Å²) in [7, 11) is 0. The molecule has 0 spiro atoms. The lowest BCUT2D eigenvalue weighted by atomic mass is 9.86. The van der Waals surface area contributed by atoms with E-state index in [0.29, 0.717) is 6.54 Å². The molecule has 1 atom stereocenters. The largest absolute Gasteiger partial charge is 0.354 e. The van der Waals surface area contributed by atoms with E-state index in [1.54, 1.807) is 11.8 Å². The highest BCUT2D eigenvalue weighted by atomic mass is 32.2. The number of hydrogen-bond donors (Lipinski definition) is 2. The van der Waals surface area contributed by atoms with Crippen LogP contribution < -0.4 is 10.6 Å². The third kappa shape index (κ3) is 4.25. The number of hydrogen-bond acceptors (Lipinski definition) is 3. The second kappa shape index (κ2) is 6.64. The first-order valence-corrected chi connectivity index (χ1v) is 8.30. The van der Waals surface area contributed by atoms with Crippen LogP contribution in [0.4, 0.5) is 0 Å². The molecule has 0 bridgehead atoms. The maximum atomic E-state index is 11.8. The number of nitrogens with one attached hydrogen (secondary N) is 2. The van der Waals surface area contributed by atoms with Crippen LogP contribution in [0, 0.1) is 0 Å². The van der Waals surface area contributed by atoms with E-state index in [0.717, 1.165) is 18.1 Å². The Balaban J connectivity index is 1.78. The summed E-state index contributed by atoms with van der Waals surface area (Å²) in [5, 5.41) is 6.18. The molecule has 1 aromatic carbocycles. The van der Waals surface area contributed by atoms with Crippen molar-refractivity contribution in [1.29, 1.82) is 0 Å². The monoisotopic (exact) mass is 292 g/mol. The molecule has 1 heterocycles. The lowest BCUT2D eigenvalue weighted by Gasteiger charge is -2.19. The van der Waals surface area contributed by atoms with Crippen molar-refractivity contribution in [2.24, 2.45) is 0 Å². The number of carbonyl (C=O) groups is 1. The van der Waals surface area contributed by atoms with Gasteiger partial charge in [0, 0.05) is 18.2 Å². The Hall–Kier alpha value is -1.00. The summed E-state index contributed by atoms with van der Waals surface area (Å²) in [5.41, 5.74) is 2.81. The highest BCUT2D eigenvalue weighted by molar-refractivity contribution is 7.99. The van der Waals surface area contributed by atoms with E-state index in [-0.39, 0.29) is 17.4 Å². The number of rotatable bonds is 4. The first-order chi connectivity index (χ1) is 9.47. The predicted octanol–water partition coefficient (Wildman–Crippen LogP) is 2.31. The van der Waals surface area contributed by atoms with E-state index < -0.39 is 0 Å². The van der Waals surface area contributed by atoms with E-state index in [4.69, 9.17) is 0 Å². The second-order valence-corrected chi connectivity index (χ2v) is 7.29. The highest BCUT2D eigenvalue weighted by Crippen LogP contribution is 2.22. The smallest absolute Gasteiger partial charge is 0.238 e. The third-order valence-electron chi connectivity index (χ3n) is 3.57. The van der Waals surface area contributed by atoms with Crippen molar-refractivity contribution in [3.05, 3.63) is 35.4 Å². The van der Waals surface area contributed by atoms with Crippen molar-refractivity contribution in [1.82, 2.24) is 10.6 Å². The van der Waals surface area contributed by atoms with Gasteiger partial charge in [-0.3, -0.25) is 10.1 Å². The minimum absolute atomic E-state index is 0.0109. The standard InChI is InChI=1S/C16H24N2OS/c1-16(2,3)13-6-4-12(5-7-13)8-9-17-15(19)14-10-20-11-18-14/h4-7,14,18H,8-11H2,1-3H3,(H,17,19). The summed E-state index contributed by atoms with van der Waals surface area (Å²) >= 11 is 1.77.